The number of hydrogen-bond acceptors (Lipinski definition) is 4. The zero-order valence-corrected chi connectivity index (χ0v) is 6.09. The van der Waals surface area contributed by atoms with Gasteiger partial charge < -0.3 is 0 Å². The summed E-state index contributed by atoms with van der Waals surface area (Å²) in [5.74, 6) is 0. The third kappa shape index (κ3) is 1.04. The number of nitrogens with one attached hydrogen (secondary N) is 1. The number of nitriles is 1. The molecule has 6 heteroatoms. The first kappa shape index (κ1) is 6.89. The number of aromatic amines is 1. The Morgan fingerprint density at radius 1 is 1.90 bits per heavy atom. The number of nitrogens with zero attached hydrogens (tertiary/aromatic N) is 4. The average molecular weight is 155 g/mol. The lowest BCUT2D eigenvalue weighted by Crippen LogP contribution is -2.04. The summed E-state index contributed by atoms with van der Waals surface area (Å²) in [5.41, 5.74) is 0. The molecule has 0 saturated carbocycles. The van der Waals surface area contributed by atoms with Crippen LogP contribution in [0.5, 0.6) is 0 Å². The molecule has 5 nitrogen and oxygen atoms in total. The van der Waals surface area contributed by atoms with E-state index in [1.54, 1.807) is 6.92 Å². The lowest BCUT2D eigenvalue weighted by Gasteiger charge is -1.98. The maximum atomic E-state index is 8.44. The summed E-state index contributed by atoms with van der Waals surface area (Å²) in [6.07, 6.45) is 0. The van der Waals surface area contributed by atoms with E-state index in [-0.39, 0.29) is 6.04 Å². The zero-order valence-electron chi connectivity index (χ0n) is 5.27. The molecule has 0 amide bonds. The monoisotopic (exact) mass is 155 g/mol. The molecule has 10 heavy (non-hydrogen) atoms. The standard InChI is InChI=1S/C4H5N5S/c1-3(2-5)9-4(10)6-7-8-9/h3H,1H3,(H,6,8,10). The van der Waals surface area contributed by atoms with E-state index in [9.17, 15) is 0 Å². The SMILES string of the molecule is CC(C#N)n1[nH]nnc1=S. The van der Waals surface area contributed by atoms with Crippen LogP contribution in [0.1, 0.15) is 13.0 Å². The van der Waals surface area contributed by atoms with E-state index in [0.29, 0.717) is 4.77 Å². The highest BCUT2D eigenvalue weighted by Gasteiger charge is 2.02. The normalized spacial score (nSPS) is 12.4. The molecule has 1 N–H and O–H groups in total. The molecule has 1 rings (SSSR count). The topological polar surface area (TPSA) is 70.3 Å². The summed E-state index contributed by atoms with van der Waals surface area (Å²) < 4.78 is 1.71. The Hall–Kier alpha value is -1.22. The molecule has 1 atom stereocenters. The van der Waals surface area contributed by atoms with Gasteiger partial charge in [-0.3, -0.25) is 0 Å². The molecule has 0 aliphatic carbocycles. The molecule has 52 valence electrons. The predicted molar refractivity (Wildman–Crippen MR) is 35.5 cm³/mol. The number of hydrogen-bond donors (Lipinski definition) is 1. The Morgan fingerprint density at radius 3 is 3.00 bits per heavy atom. The van der Waals surface area contributed by atoms with Crippen molar-refractivity contribution in [2.75, 3.05) is 0 Å². The van der Waals surface area contributed by atoms with Crippen LogP contribution in [0.2, 0.25) is 0 Å². The lowest BCUT2D eigenvalue weighted by atomic mass is 10.4. The van der Waals surface area contributed by atoms with Crippen molar-refractivity contribution in [3.8, 4) is 6.07 Å². The van der Waals surface area contributed by atoms with Gasteiger partial charge in [0.25, 0.3) is 0 Å². The first-order valence-electron chi connectivity index (χ1n) is 2.65. The first-order chi connectivity index (χ1) is 4.75. The summed E-state index contributed by atoms with van der Waals surface area (Å²) in [6.45, 7) is 1.70. The number of tetrazole rings is 1. The van der Waals surface area contributed by atoms with Gasteiger partial charge in [0.15, 0.2) is 0 Å². The molecule has 1 heterocycles. The van der Waals surface area contributed by atoms with Crippen molar-refractivity contribution in [3.63, 3.8) is 0 Å². The van der Waals surface area contributed by atoms with Crippen molar-refractivity contribution < 1.29 is 0 Å². The minimum Gasteiger partial charge on any atom is -0.225 e. The van der Waals surface area contributed by atoms with Crippen LogP contribution in [0.25, 0.3) is 0 Å². The van der Waals surface area contributed by atoms with Gasteiger partial charge in [0, 0.05) is 0 Å². The summed E-state index contributed by atoms with van der Waals surface area (Å²) in [4.78, 5) is 0. The second-order valence-corrected chi connectivity index (χ2v) is 2.12. The van der Waals surface area contributed by atoms with Crippen molar-refractivity contribution in [2.45, 2.75) is 13.0 Å². The maximum absolute atomic E-state index is 8.44. The van der Waals surface area contributed by atoms with Gasteiger partial charge >= 0.3 is 0 Å². The zero-order chi connectivity index (χ0) is 7.56. The van der Waals surface area contributed by atoms with Crippen LogP contribution in [0, 0.1) is 16.1 Å². The van der Waals surface area contributed by atoms with Crippen LogP contribution in [0.15, 0.2) is 0 Å². The molecular weight excluding hydrogens is 150 g/mol. The Bertz CT molecular complexity index is 304. The Kier molecular flexibility index (Phi) is 1.78. The maximum Gasteiger partial charge on any atom is 0.239 e. The van der Waals surface area contributed by atoms with Crippen molar-refractivity contribution >= 4 is 12.2 Å². The van der Waals surface area contributed by atoms with Gasteiger partial charge in [0.1, 0.15) is 6.04 Å². The van der Waals surface area contributed by atoms with E-state index >= 15 is 0 Å². The van der Waals surface area contributed by atoms with Crippen LogP contribution in [0.4, 0.5) is 0 Å². The van der Waals surface area contributed by atoms with E-state index in [1.165, 1.54) is 4.68 Å². The highest BCUT2D eigenvalue weighted by molar-refractivity contribution is 7.71. The van der Waals surface area contributed by atoms with Crippen LogP contribution < -0.4 is 0 Å². The molecule has 1 aromatic heterocycles. The molecule has 1 aromatic rings. The minimum atomic E-state index is -0.331. The quantitative estimate of drug-likeness (QED) is 0.596. The fraction of sp³-hybridized carbons (Fsp3) is 0.500. The van der Waals surface area contributed by atoms with Crippen molar-refractivity contribution in [1.82, 2.24) is 20.2 Å². The Balaban J connectivity index is 3.08. The second kappa shape index (κ2) is 2.58. The largest absolute Gasteiger partial charge is 0.239 e. The summed E-state index contributed by atoms with van der Waals surface area (Å²) in [6, 6.07) is 1.66. The van der Waals surface area contributed by atoms with Crippen molar-refractivity contribution in [2.24, 2.45) is 0 Å². The highest BCUT2D eigenvalue weighted by atomic mass is 32.1. The van der Waals surface area contributed by atoms with Crippen molar-refractivity contribution in [1.29, 1.82) is 5.26 Å². The van der Waals surface area contributed by atoms with Gasteiger partial charge in [-0.15, -0.1) is 0 Å². The number of aromatic nitrogens is 4. The minimum absolute atomic E-state index is 0.300. The Labute approximate surface area is 62.3 Å². The fourth-order valence-electron chi connectivity index (χ4n) is 0.514. The lowest BCUT2D eigenvalue weighted by molar-refractivity contribution is 0.561. The van der Waals surface area contributed by atoms with E-state index < -0.39 is 0 Å². The molecule has 0 aromatic carbocycles. The van der Waals surface area contributed by atoms with Crippen LogP contribution in [0.3, 0.4) is 0 Å². The molecule has 0 aliphatic rings. The third-order valence-corrected chi connectivity index (χ3v) is 1.35. The first-order valence-corrected chi connectivity index (χ1v) is 3.05. The molecule has 1 unspecified atom stereocenters. The van der Waals surface area contributed by atoms with Gasteiger partial charge in [0.05, 0.1) is 6.07 Å². The van der Waals surface area contributed by atoms with E-state index in [1.807, 2.05) is 6.07 Å². The predicted octanol–water partition coefficient (Wildman–Crippen LogP) is 0.420. The van der Waals surface area contributed by atoms with Gasteiger partial charge in [0.2, 0.25) is 4.77 Å². The molecule has 0 radical (unpaired) electrons. The van der Waals surface area contributed by atoms with Crippen LogP contribution in [-0.4, -0.2) is 20.2 Å². The smallest absolute Gasteiger partial charge is 0.225 e. The molecule has 0 fully saturated rings. The molecule has 0 saturated heterocycles. The molecular formula is C4H5N5S. The third-order valence-electron chi connectivity index (χ3n) is 1.07. The fourth-order valence-corrected chi connectivity index (χ4v) is 0.754. The molecule has 0 bridgehead atoms. The van der Waals surface area contributed by atoms with Gasteiger partial charge in [-0.25, -0.2) is 4.68 Å². The van der Waals surface area contributed by atoms with Gasteiger partial charge in [-0.05, 0) is 19.1 Å². The Morgan fingerprint density at radius 2 is 2.60 bits per heavy atom. The summed E-state index contributed by atoms with van der Waals surface area (Å²) >= 11 is 4.73. The molecule has 0 spiro atoms. The number of H-pyrrole nitrogens is 1. The highest BCUT2D eigenvalue weighted by Crippen LogP contribution is 1.98. The van der Waals surface area contributed by atoms with Gasteiger partial charge in [-0.1, -0.05) is 10.3 Å². The van der Waals surface area contributed by atoms with E-state index in [2.05, 4.69) is 15.5 Å². The number of rotatable bonds is 1. The van der Waals surface area contributed by atoms with Crippen LogP contribution in [-0.2, 0) is 0 Å². The average Bonchev–Trinajstić information content (AvgIpc) is 2.34. The van der Waals surface area contributed by atoms with E-state index in [4.69, 9.17) is 17.5 Å². The summed E-state index contributed by atoms with van der Waals surface area (Å²) in [5, 5.41) is 17.9. The second-order valence-electron chi connectivity index (χ2n) is 1.76. The van der Waals surface area contributed by atoms with Gasteiger partial charge in [-0.2, -0.15) is 10.5 Å². The van der Waals surface area contributed by atoms with Crippen LogP contribution >= 0.6 is 12.2 Å². The van der Waals surface area contributed by atoms with E-state index in [0.717, 1.165) is 0 Å². The summed E-state index contributed by atoms with van der Waals surface area (Å²) in [7, 11) is 0. The molecule has 0 aliphatic heterocycles. The van der Waals surface area contributed by atoms with Crippen molar-refractivity contribution in [3.05, 3.63) is 4.77 Å².